The summed E-state index contributed by atoms with van der Waals surface area (Å²) in [5, 5.41) is 3.40. The average Bonchev–Trinajstić information content (AvgIpc) is 2.54. The van der Waals surface area contributed by atoms with Gasteiger partial charge < -0.3 is 10.2 Å². The third kappa shape index (κ3) is 3.05. The van der Waals surface area contributed by atoms with E-state index in [1.165, 1.54) is 11.3 Å². The van der Waals surface area contributed by atoms with Crippen LogP contribution < -0.4 is 5.32 Å². The maximum absolute atomic E-state index is 12.7. The van der Waals surface area contributed by atoms with Gasteiger partial charge in [0.05, 0.1) is 5.92 Å². The standard InChI is InChI=1S/C17H25N3O/c1-13(2)19-7-9-20(10-8-19)17(21)15-11-14-5-3-4-6-16(14)18-12-15/h3-6,13,15,18H,7-12H2,1-2H3. The highest BCUT2D eigenvalue weighted by atomic mass is 16.2. The van der Waals surface area contributed by atoms with E-state index in [0.29, 0.717) is 11.9 Å². The van der Waals surface area contributed by atoms with Gasteiger partial charge >= 0.3 is 0 Å². The fourth-order valence-electron chi connectivity index (χ4n) is 3.33. The van der Waals surface area contributed by atoms with Gasteiger partial charge in [-0.2, -0.15) is 0 Å². The summed E-state index contributed by atoms with van der Waals surface area (Å²) in [5.41, 5.74) is 2.45. The summed E-state index contributed by atoms with van der Waals surface area (Å²) in [7, 11) is 0. The van der Waals surface area contributed by atoms with Gasteiger partial charge in [0.1, 0.15) is 0 Å². The van der Waals surface area contributed by atoms with E-state index in [9.17, 15) is 4.79 Å². The maximum Gasteiger partial charge on any atom is 0.227 e. The number of nitrogens with zero attached hydrogens (tertiary/aromatic N) is 2. The van der Waals surface area contributed by atoms with Crippen LogP contribution in [-0.4, -0.2) is 54.5 Å². The monoisotopic (exact) mass is 287 g/mol. The minimum atomic E-state index is 0.0884. The zero-order chi connectivity index (χ0) is 14.8. The van der Waals surface area contributed by atoms with Gasteiger partial charge in [-0.15, -0.1) is 0 Å². The highest BCUT2D eigenvalue weighted by Gasteiger charge is 2.30. The van der Waals surface area contributed by atoms with Crippen molar-refractivity contribution in [2.75, 3.05) is 38.0 Å². The lowest BCUT2D eigenvalue weighted by Crippen LogP contribution is -2.53. The molecule has 0 saturated carbocycles. The van der Waals surface area contributed by atoms with Gasteiger partial charge in [-0.1, -0.05) is 18.2 Å². The number of rotatable bonds is 2. The van der Waals surface area contributed by atoms with Crippen LogP contribution in [0.25, 0.3) is 0 Å². The number of anilines is 1. The first-order valence-corrected chi connectivity index (χ1v) is 8.00. The maximum atomic E-state index is 12.7. The first-order valence-electron chi connectivity index (χ1n) is 8.00. The second-order valence-corrected chi connectivity index (χ2v) is 6.39. The van der Waals surface area contributed by atoms with Gasteiger partial charge in [-0.25, -0.2) is 0 Å². The van der Waals surface area contributed by atoms with Crippen molar-refractivity contribution >= 4 is 11.6 Å². The van der Waals surface area contributed by atoms with Crippen molar-refractivity contribution in [3.63, 3.8) is 0 Å². The molecule has 0 bridgehead atoms. The SMILES string of the molecule is CC(C)N1CCN(C(=O)C2CNc3ccccc3C2)CC1. The molecule has 1 atom stereocenters. The number of carbonyl (C=O) groups excluding carboxylic acids is 1. The molecule has 3 rings (SSSR count). The minimum Gasteiger partial charge on any atom is -0.384 e. The molecule has 1 unspecified atom stereocenters. The van der Waals surface area contributed by atoms with E-state index >= 15 is 0 Å². The largest absolute Gasteiger partial charge is 0.384 e. The summed E-state index contributed by atoms with van der Waals surface area (Å²) in [5.74, 6) is 0.408. The zero-order valence-corrected chi connectivity index (χ0v) is 13.0. The summed E-state index contributed by atoms with van der Waals surface area (Å²) in [6.07, 6.45) is 0.867. The lowest BCUT2D eigenvalue weighted by atomic mass is 9.92. The number of amides is 1. The van der Waals surface area contributed by atoms with Crippen LogP contribution in [-0.2, 0) is 11.2 Å². The molecule has 1 amide bonds. The van der Waals surface area contributed by atoms with Crippen LogP contribution in [0.1, 0.15) is 19.4 Å². The molecule has 2 heterocycles. The number of fused-ring (bicyclic) bond motifs is 1. The second kappa shape index (κ2) is 6.06. The van der Waals surface area contributed by atoms with Crippen molar-refractivity contribution in [1.29, 1.82) is 0 Å². The van der Waals surface area contributed by atoms with Crippen molar-refractivity contribution in [3.8, 4) is 0 Å². The molecular weight excluding hydrogens is 262 g/mol. The molecule has 114 valence electrons. The molecule has 1 fully saturated rings. The predicted molar refractivity (Wildman–Crippen MR) is 85.4 cm³/mol. The molecule has 0 aliphatic carbocycles. The summed E-state index contributed by atoms with van der Waals surface area (Å²) in [4.78, 5) is 17.2. The molecule has 2 aliphatic heterocycles. The summed E-state index contributed by atoms with van der Waals surface area (Å²) < 4.78 is 0. The molecule has 0 radical (unpaired) electrons. The molecule has 1 aromatic rings. The highest BCUT2D eigenvalue weighted by Crippen LogP contribution is 2.25. The Morgan fingerprint density at radius 1 is 1.19 bits per heavy atom. The average molecular weight is 287 g/mol. The van der Waals surface area contributed by atoms with E-state index < -0.39 is 0 Å². The number of benzene rings is 1. The van der Waals surface area contributed by atoms with E-state index in [1.54, 1.807) is 0 Å². The van der Waals surface area contributed by atoms with Gasteiger partial charge in [-0.05, 0) is 31.9 Å². The highest BCUT2D eigenvalue weighted by molar-refractivity contribution is 5.81. The van der Waals surface area contributed by atoms with Crippen molar-refractivity contribution in [1.82, 2.24) is 9.80 Å². The molecule has 1 aromatic carbocycles. The molecule has 4 heteroatoms. The van der Waals surface area contributed by atoms with Crippen LogP contribution in [0.4, 0.5) is 5.69 Å². The molecule has 21 heavy (non-hydrogen) atoms. The van der Waals surface area contributed by atoms with Crippen molar-refractivity contribution < 1.29 is 4.79 Å². The quantitative estimate of drug-likeness (QED) is 0.901. The number of carbonyl (C=O) groups is 1. The van der Waals surface area contributed by atoms with E-state index in [4.69, 9.17) is 0 Å². The van der Waals surface area contributed by atoms with Crippen molar-refractivity contribution in [3.05, 3.63) is 29.8 Å². The molecule has 1 saturated heterocycles. The fourth-order valence-corrected chi connectivity index (χ4v) is 3.33. The Bertz CT molecular complexity index is 507. The van der Waals surface area contributed by atoms with E-state index in [2.05, 4.69) is 47.2 Å². The Morgan fingerprint density at radius 3 is 2.62 bits per heavy atom. The van der Waals surface area contributed by atoms with E-state index in [-0.39, 0.29) is 5.92 Å². The Hall–Kier alpha value is -1.55. The molecule has 0 spiro atoms. The Balaban J connectivity index is 1.60. The molecule has 0 aromatic heterocycles. The first kappa shape index (κ1) is 14.4. The van der Waals surface area contributed by atoms with Gasteiger partial charge in [0, 0.05) is 44.5 Å². The number of piperazine rings is 1. The minimum absolute atomic E-state index is 0.0884. The number of nitrogens with one attached hydrogen (secondary N) is 1. The second-order valence-electron chi connectivity index (χ2n) is 6.39. The van der Waals surface area contributed by atoms with Gasteiger partial charge in [0.15, 0.2) is 0 Å². The molecule has 1 N–H and O–H groups in total. The third-order valence-electron chi connectivity index (χ3n) is 4.73. The van der Waals surface area contributed by atoms with Crippen LogP contribution in [0, 0.1) is 5.92 Å². The number of para-hydroxylation sites is 1. The van der Waals surface area contributed by atoms with Crippen LogP contribution in [0.15, 0.2) is 24.3 Å². The van der Waals surface area contributed by atoms with Crippen LogP contribution >= 0.6 is 0 Å². The van der Waals surface area contributed by atoms with E-state index in [0.717, 1.165) is 39.1 Å². The molecule has 4 nitrogen and oxygen atoms in total. The topological polar surface area (TPSA) is 35.6 Å². The van der Waals surface area contributed by atoms with Crippen molar-refractivity contribution in [2.45, 2.75) is 26.3 Å². The van der Waals surface area contributed by atoms with Crippen LogP contribution in [0.5, 0.6) is 0 Å². The fraction of sp³-hybridized carbons (Fsp3) is 0.588. The predicted octanol–water partition coefficient (Wildman–Crippen LogP) is 1.82. The first-order chi connectivity index (χ1) is 10.1. The van der Waals surface area contributed by atoms with Crippen LogP contribution in [0.3, 0.4) is 0 Å². The smallest absolute Gasteiger partial charge is 0.227 e. The lowest BCUT2D eigenvalue weighted by Gasteiger charge is -2.39. The summed E-state index contributed by atoms with van der Waals surface area (Å²) in [6, 6.07) is 8.88. The summed E-state index contributed by atoms with van der Waals surface area (Å²) >= 11 is 0. The van der Waals surface area contributed by atoms with Crippen LogP contribution in [0.2, 0.25) is 0 Å². The number of hydrogen-bond donors (Lipinski definition) is 1. The van der Waals surface area contributed by atoms with Crippen molar-refractivity contribution in [2.24, 2.45) is 5.92 Å². The molecule has 2 aliphatic rings. The Labute approximate surface area is 127 Å². The number of hydrogen-bond acceptors (Lipinski definition) is 3. The Kier molecular flexibility index (Phi) is 4.15. The third-order valence-corrected chi connectivity index (χ3v) is 4.73. The van der Waals surface area contributed by atoms with Gasteiger partial charge in [0.25, 0.3) is 0 Å². The normalized spacial score (nSPS) is 22.8. The lowest BCUT2D eigenvalue weighted by molar-refractivity contribution is -0.137. The zero-order valence-electron chi connectivity index (χ0n) is 13.0. The summed E-state index contributed by atoms with van der Waals surface area (Å²) in [6.45, 7) is 8.95. The van der Waals surface area contributed by atoms with Gasteiger partial charge in [-0.3, -0.25) is 9.69 Å². The Morgan fingerprint density at radius 2 is 1.90 bits per heavy atom. The van der Waals surface area contributed by atoms with E-state index in [1.807, 2.05) is 6.07 Å². The molecular formula is C17H25N3O. The van der Waals surface area contributed by atoms with Gasteiger partial charge in [0.2, 0.25) is 5.91 Å².